The summed E-state index contributed by atoms with van der Waals surface area (Å²) in [6.45, 7) is 5.34. The molecule has 0 spiro atoms. The first-order valence-electron chi connectivity index (χ1n) is 7.64. The maximum atomic E-state index is 10.9. The molecule has 1 heterocycles. The van der Waals surface area contributed by atoms with Crippen molar-refractivity contribution in [1.29, 1.82) is 0 Å². The first kappa shape index (κ1) is 15.4. The SMILES string of the molecule is CC1(C)COc2cc(Cl)c(C3(N=C=O)CCCC3)cc2OC1. The number of hydrogen-bond acceptors (Lipinski definition) is 4. The number of hydrogen-bond donors (Lipinski definition) is 0. The lowest BCUT2D eigenvalue weighted by Crippen LogP contribution is -2.26. The Kier molecular flexibility index (Phi) is 3.92. The summed E-state index contributed by atoms with van der Waals surface area (Å²) in [6, 6.07) is 3.68. The van der Waals surface area contributed by atoms with Crippen LogP contribution in [-0.2, 0) is 10.3 Å². The van der Waals surface area contributed by atoms with Crippen molar-refractivity contribution in [2.24, 2.45) is 10.4 Å². The van der Waals surface area contributed by atoms with Crippen molar-refractivity contribution in [1.82, 2.24) is 0 Å². The van der Waals surface area contributed by atoms with Crippen LogP contribution >= 0.6 is 11.6 Å². The van der Waals surface area contributed by atoms with Crippen LogP contribution in [0.15, 0.2) is 17.1 Å². The van der Waals surface area contributed by atoms with E-state index in [0.717, 1.165) is 31.2 Å². The molecule has 118 valence electrons. The minimum atomic E-state index is -0.557. The molecule has 1 fully saturated rings. The molecule has 0 radical (unpaired) electrons. The predicted octanol–water partition coefficient (Wildman–Crippen LogP) is 4.24. The lowest BCUT2D eigenvalue weighted by molar-refractivity contribution is 0.140. The summed E-state index contributed by atoms with van der Waals surface area (Å²) in [5.41, 5.74) is 0.230. The second kappa shape index (κ2) is 5.60. The molecule has 2 aliphatic rings. The highest BCUT2D eigenvalue weighted by molar-refractivity contribution is 6.31. The number of carbonyl (C=O) groups excluding carboxylic acids is 1. The van der Waals surface area contributed by atoms with Gasteiger partial charge >= 0.3 is 0 Å². The van der Waals surface area contributed by atoms with Gasteiger partial charge in [-0.15, -0.1) is 0 Å². The van der Waals surface area contributed by atoms with Gasteiger partial charge in [-0.1, -0.05) is 38.3 Å². The maximum absolute atomic E-state index is 10.9. The summed E-state index contributed by atoms with van der Waals surface area (Å²) in [5.74, 6) is 1.33. The van der Waals surface area contributed by atoms with E-state index in [9.17, 15) is 4.79 Å². The van der Waals surface area contributed by atoms with E-state index in [1.165, 1.54) is 0 Å². The average Bonchev–Trinajstić information content (AvgIpc) is 2.88. The highest BCUT2D eigenvalue weighted by atomic mass is 35.5. The van der Waals surface area contributed by atoms with Crippen molar-refractivity contribution in [2.45, 2.75) is 45.1 Å². The van der Waals surface area contributed by atoms with Crippen LogP contribution in [0.3, 0.4) is 0 Å². The van der Waals surface area contributed by atoms with E-state index in [4.69, 9.17) is 21.1 Å². The summed E-state index contributed by atoms with van der Waals surface area (Å²) in [7, 11) is 0. The summed E-state index contributed by atoms with van der Waals surface area (Å²) < 4.78 is 11.8. The van der Waals surface area contributed by atoms with E-state index in [1.807, 2.05) is 6.07 Å². The summed E-state index contributed by atoms with van der Waals surface area (Å²) >= 11 is 6.47. The Morgan fingerprint density at radius 2 is 1.73 bits per heavy atom. The molecule has 22 heavy (non-hydrogen) atoms. The van der Waals surface area contributed by atoms with Gasteiger partial charge in [0.2, 0.25) is 6.08 Å². The first-order chi connectivity index (χ1) is 10.5. The first-order valence-corrected chi connectivity index (χ1v) is 8.02. The Morgan fingerprint density at radius 3 is 2.32 bits per heavy atom. The fraction of sp³-hybridized carbons (Fsp3) is 0.588. The second-order valence-electron chi connectivity index (χ2n) is 6.96. The molecule has 0 bridgehead atoms. The quantitative estimate of drug-likeness (QED) is 0.604. The number of benzene rings is 1. The molecule has 3 rings (SSSR count). The molecule has 5 heteroatoms. The third-order valence-electron chi connectivity index (χ3n) is 4.46. The van der Waals surface area contributed by atoms with Crippen LogP contribution in [0.25, 0.3) is 0 Å². The number of ether oxygens (including phenoxy) is 2. The van der Waals surface area contributed by atoms with Crippen molar-refractivity contribution in [3.63, 3.8) is 0 Å². The number of nitrogens with zero attached hydrogens (tertiary/aromatic N) is 1. The van der Waals surface area contributed by atoms with Crippen LogP contribution in [0.2, 0.25) is 5.02 Å². The highest BCUT2D eigenvalue weighted by Gasteiger charge is 2.38. The monoisotopic (exact) mass is 321 g/mol. The highest BCUT2D eigenvalue weighted by Crippen LogP contribution is 2.48. The van der Waals surface area contributed by atoms with E-state index in [0.29, 0.717) is 29.7 Å². The van der Waals surface area contributed by atoms with Crippen LogP contribution in [0.1, 0.15) is 45.1 Å². The van der Waals surface area contributed by atoms with Crippen molar-refractivity contribution in [3.8, 4) is 11.5 Å². The third-order valence-corrected chi connectivity index (χ3v) is 4.77. The number of rotatable bonds is 2. The normalized spacial score (nSPS) is 21.8. The minimum Gasteiger partial charge on any atom is -0.489 e. The van der Waals surface area contributed by atoms with E-state index in [1.54, 1.807) is 12.1 Å². The molecule has 0 aromatic heterocycles. The summed E-state index contributed by atoms with van der Waals surface area (Å²) in [6.07, 6.45) is 5.41. The van der Waals surface area contributed by atoms with E-state index >= 15 is 0 Å². The Hall–Kier alpha value is -1.51. The van der Waals surface area contributed by atoms with Gasteiger partial charge in [-0.25, -0.2) is 4.79 Å². The molecule has 0 unspecified atom stereocenters. The smallest absolute Gasteiger partial charge is 0.235 e. The van der Waals surface area contributed by atoms with Gasteiger partial charge in [-0.2, -0.15) is 4.99 Å². The summed E-state index contributed by atoms with van der Waals surface area (Å²) in [4.78, 5) is 15.0. The zero-order chi connectivity index (χ0) is 15.8. The van der Waals surface area contributed by atoms with Gasteiger partial charge in [-0.05, 0) is 18.9 Å². The van der Waals surface area contributed by atoms with Crippen LogP contribution in [-0.4, -0.2) is 19.3 Å². The zero-order valence-electron chi connectivity index (χ0n) is 12.9. The Labute approximate surface area is 135 Å². The fourth-order valence-corrected chi connectivity index (χ4v) is 3.52. The number of halogens is 1. The molecular weight excluding hydrogens is 302 g/mol. The topological polar surface area (TPSA) is 47.9 Å². The van der Waals surface area contributed by atoms with Gasteiger partial charge in [0.25, 0.3) is 0 Å². The van der Waals surface area contributed by atoms with E-state index < -0.39 is 5.54 Å². The molecule has 0 N–H and O–H groups in total. The van der Waals surface area contributed by atoms with Gasteiger partial charge in [0.05, 0.1) is 23.8 Å². The molecule has 4 nitrogen and oxygen atoms in total. The van der Waals surface area contributed by atoms with Crippen molar-refractivity contribution < 1.29 is 14.3 Å². The maximum Gasteiger partial charge on any atom is 0.235 e. The van der Waals surface area contributed by atoms with E-state index in [-0.39, 0.29) is 5.41 Å². The Balaban J connectivity index is 2.04. The minimum absolute atomic E-state index is 0.0579. The lowest BCUT2D eigenvalue weighted by Gasteiger charge is -2.25. The molecule has 1 aromatic rings. The second-order valence-corrected chi connectivity index (χ2v) is 7.37. The summed E-state index contributed by atoms with van der Waals surface area (Å²) in [5, 5.41) is 0.572. The molecule has 1 aliphatic carbocycles. The molecule has 1 saturated carbocycles. The van der Waals surface area contributed by atoms with Gasteiger partial charge in [0.1, 0.15) is 0 Å². The molecule has 0 atom stereocenters. The largest absolute Gasteiger partial charge is 0.489 e. The lowest BCUT2D eigenvalue weighted by atomic mass is 9.88. The van der Waals surface area contributed by atoms with E-state index in [2.05, 4.69) is 18.8 Å². The third kappa shape index (κ3) is 2.73. The number of aliphatic imine (C=N–C) groups is 1. The van der Waals surface area contributed by atoms with Crippen LogP contribution in [0.5, 0.6) is 11.5 Å². The molecule has 1 aliphatic heterocycles. The molecule has 0 amide bonds. The van der Waals surface area contributed by atoms with Crippen molar-refractivity contribution in [3.05, 3.63) is 22.7 Å². The predicted molar refractivity (Wildman–Crippen MR) is 84.5 cm³/mol. The molecular formula is C17H20ClNO3. The molecule has 0 saturated heterocycles. The van der Waals surface area contributed by atoms with Gasteiger partial charge in [0, 0.05) is 17.0 Å². The van der Waals surface area contributed by atoms with Crippen molar-refractivity contribution >= 4 is 17.7 Å². The zero-order valence-corrected chi connectivity index (χ0v) is 13.7. The number of isocyanates is 1. The Bertz CT molecular complexity index is 629. The average molecular weight is 322 g/mol. The molecule has 1 aromatic carbocycles. The Morgan fingerprint density at radius 1 is 1.14 bits per heavy atom. The van der Waals surface area contributed by atoms with Gasteiger partial charge in [0.15, 0.2) is 11.5 Å². The number of fused-ring (bicyclic) bond motifs is 1. The van der Waals surface area contributed by atoms with Crippen LogP contribution < -0.4 is 9.47 Å². The standard InChI is InChI=1S/C17H20ClNO3/c1-16(2)9-21-14-7-12(13(18)8-15(14)22-10-16)17(19-11-20)5-3-4-6-17/h7-8H,3-6,9-10H2,1-2H3. The van der Waals surface area contributed by atoms with Crippen LogP contribution in [0.4, 0.5) is 0 Å². The fourth-order valence-electron chi connectivity index (χ4n) is 3.19. The van der Waals surface area contributed by atoms with Crippen molar-refractivity contribution in [2.75, 3.05) is 13.2 Å². The van der Waals surface area contributed by atoms with Gasteiger partial charge in [-0.3, -0.25) is 0 Å². The van der Waals surface area contributed by atoms with Crippen LogP contribution in [0, 0.1) is 5.41 Å². The van der Waals surface area contributed by atoms with Gasteiger partial charge < -0.3 is 9.47 Å².